The third-order valence-corrected chi connectivity index (χ3v) is 3.49. The van der Waals surface area contributed by atoms with Gasteiger partial charge in [-0.15, -0.1) is 11.3 Å². The second-order valence-electron chi connectivity index (χ2n) is 2.96. The van der Waals surface area contributed by atoms with Crippen LogP contribution in [0.25, 0.3) is 0 Å². The number of thiophene rings is 1. The number of hydrogen-bond donors (Lipinski definition) is 1. The summed E-state index contributed by atoms with van der Waals surface area (Å²) in [5.41, 5.74) is 7.31. The van der Waals surface area contributed by atoms with Crippen molar-refractivity contribution in [2.45, 2.75) is 32.7 Å². The molecule has 1 aromatic rings. The lowest BCUT2D eigenvalue weighted by Crippen LogP contribution is -2.09. The third-order valence-electron chi connectivity index (χ3n) is 1.93. The molecule has 0 radical (unpaired) electrons. The standard InChI is InChI=1S/C9H14BrNS/c1-3-4-8(11)7-5-9(10)12-6(7)2/h5,8H,3-4,11H2,1-2H3. The molecule has 0 saturated heterocycles. The Balaban J connectivity index is 2.79. The largest absolute Gasteiger partial charge is 0.324 e. The van der Waals surface area contributed by atoms with Crippen molar-refractivity contribution in [3.05, 3.63) is 20.3 Å². The smallest absolute Gasteiger partial charge is 0.0704 e. The summed E-state index contributed by atoms with van der Waals surface area (Å²) in [6.07, 6.45) is 2.22. The van der Waals surface area contributed by atoms with Crippen molar-refractivity contribution < 1.29 is 0 Å². The van der Waals surface area contributed by atoms with E-state index in [1.165, 1.54) is 14.2 Å². The minimum atomic E-state index is 0.220. The Hall–Kier alpha value is 0.140. The first-order valence-corrected chi connectivity index (χ1v) is 5.77. The zero-order valence-corrected chi connectivity index (χ0v) is 9.83. The molecule has 0 aliphatic carbocycles. The van der Waals surface area contributed by atoms with Gasteiger partial charge in [0.15, 0.2) is 0 Å². The van der Waals surface area contributed by atoms with Crippen LogP contribution >= 0.6 is 27.3 Å². The lowest BCUT2D eigenvalue weighted by molar-refractivity contribution is 0.637. The van der Waals surface area contributed by atoms with E-state index in [1.807, 2.05) is 0 Å². The molecule has 1 nitrogen and oxygen atoms in total. The van der Waals surface area contributed by atoms with Crippen LogP contribution in [0.15, 0.2) is 9.85 Å². The molecule has 1 aromatic heterocycles. The summed E-state index contributed by atoms with van der Waals surface area (Å²) in [6, 6.07) is 2.36. The molecule has 0 bridgehead atoms. The molecular weight excluding hydrogens is 234 g/mol. The van der Waals surface area contributed by atoms with Gasteiger partial charge in [0.25, 0.3) is 0 Å². The molecule has 68 valence electrons. The minimum Gasteiger partial charge on any atom is -0.324 e. The van der Waals surface area contributed by atoms with Crippen molar-refractivity contribution in [1.29, 1.82) is 0 Å². The molecular formula is C9H14BrNS. The summed E-state index contributed by atoms with van der Waals surface area (Å²) in [4.78, 5) is 1.34. The van der Waals surface area contributed by atoms with E-state index in [0.29, 0.717) is 0 Å². The van der Waals surface area contributed by atoms with Gasteiger partial charge >= 0.3 is 0 Å². The van der Waals surface area contributed by atoms with Crippen LogP contribution in [0.1, 0.15) is 36.2 Å². The number of nitrogens with two attached hydrogens (primary N) is 1. The predicted octanol–water partition coefficient (Wildman–Crippen LogP) is 3.62. The van der Waals surface area contributed by atoms with Crippen LogP contribution in [-0.2, 0) is 0 Å². The number of hydrogen-bond acceptors (Lipinski definition) is 2. The molecule has 0 aliphatic heterocycles. The van der Waals surface area contributed by atoms with Gasteiger partial charge in [-0.3, -0.25) is 0 Å². The second-order valence-corrected chi connectivity index (χ2v) is 5.59. The fourth-order valence-corrected chi connectivity index (χ4v) is 3.07. The van der Waals surface area contributed by atoms with Crippen molar-refractivity contribution in [3.8, 4) is 0 Å². The fourth-order valence-electron chi connectivity index (χ4n) is 1.29. The first kappa shape index (κ1) is 10.2. The van der Waals surface area contributed by atoms with Crippen LogP contribution in [0.5, 0.6) is 0 Å². The summed E-state index contributed by atoms with van der Waals surface area (Å²) in [6.45, 7) is 4.29. The predicted molar refractivity (Wildman–Crippen MR) is 58.6 cm³/mol. The summed E-state index contributed by atoms with van der Waals surface area (Å²) in [5, 5.41) is 0. The highest BCUT2D eigenvalue weighted by atomic mass is 79.9. The molecule has 0 saturated carbocycles. The topological polar surface area (TPSA) is 26.0 Å². The van der Waals surface area contributed by atoms with Crippen molar-refractivity contribution in [2.24, 2.45) is 5.73 Å². The summed E-state index contributed by atoms with van der Waals surface area (Å²) in [7, 11) is 0. The Bertz CT molecular complexity index is 257. The third kappa shape index (κ3) is 2.31. The van der Waals surface area contributed by atoms with Gasteiger partial charge in [0.05, 0.1) is 3.79 Å². The van der Waals surface area contributed by atoms with Gasteiger partial charge in [-0.25, -0.2) is 0 Å². The number of aryl methyl sites for hydroxylation is 1. The first-order chi connectivity index (χ1) is 5.65. The molecule has 0 aliphatic rings. The van der Waals surface area contributed by atoms with Crippen LogP contribution in [-0.4, -0.2) is 0 Å². The van der Waals surface area contributed by atoms with Gasteiger partial charge in [-0.05, 0) is 40.9 Å². The molecule has 0 amide bonds. The normalized spacial score (nSPS) is 13.3. The second kappa shape index (κ2) is 4.40. The van der Waals surface area contributed by atoms with Gasteiger partial charge in [-0.1, -0.05) is 13.3 Å². The van der Waals surface area contributed by atoms with Crippen molar-refractivity contribution in [1.82, 2.24) is 0 Å². The van der Waals surface area contributed by atoms with E-state index in [9.17, 15) is 0 Å². The highest BCUT2D eigenvalue weighted by Gasteiger charge is 2.10. The molecule has 1 atom stereocenters. The van der Waals surface area contributed by atoms with Gasteiger partial charge in [0, 0.05) is 10.9 Å². The molecule has 0 aromatic carbocycles. The SMILES string of the molecule is CCCC(N)c1cc(Br)sc1C. The first-order valence-electron chi connectivity index (χ1n) is 4.16. The van der Waals surface area contributed by atoms with Crippen LogP contribution in [0.3, 0.4) is 0 Å². The number of halogens is 1. The van der Waals surface area contributed by atoms with Gasteiger partial charge < -0.3 is 5.73 Å². The molecule has 3 heteroatoms. The zero-order valence-electron chi connectivity index (χ0n) is 7.43. The van der Waals surface area contributed by atoms with Crippen molar-refractivity contribution in [3.63, 3.8) is 0 Å². The molecule has 1 heterocycles. The van der Waals surface area contributed by atoms with Crippen molar-refractivity contribution in [2.75, 3.05) is 0 Å². The summed E-state index contributed by atoms with van der Waals surface area (Å²) >= 11 is 5.23. The average Bonchev–Trinajstić information content (AvgIpc) is 2.30. The monoisotopic (exact) mass is 247 g/mol. The lowest BCUT2D eigenvalue weighted by Gasteiger charge is -2.08. The molecule has 0 fully saturated rings. The van der Waals surface area contributed by atoms with E-state index in [0.717, 1.165) is 12.8 Å². The van der Waals surface area contributed by atoms with E-state index in [2.05, 4.69) is 35.8 Å². The quantitative estimate of drug-likeness (QED) is 0.868. The Morgan fingerprint density at radius 3 is 2.75 bits per heavy atom. The molecule has 0 spiro atoms. The average molecular weight is 248 g/mol. The summed E-state index contributed by atoms with van der Waals surface area (Å²) in [5.74, 6) is 0. The van der Waals surface area contributed by atoms with E-state index in [4.69, 9.17) is 5.73 Å². The van der Waals surface area contributed by atoms with Gasteiger partial charge in [0.1, 0.15) is 0 Å². The highest BCUT2D eigenvalue weighted by Crippen LogP contribution is 2.31. The Morgan fingerprint density at radius 2 is 2.33 bits per heavy atom. The van der Waals surface area contributed by atoms with Gasteiger partial charge in [0.2, 0.25) is 0 Å². The fraction of sp³-hybridized carbons (Fsp3) is 0.556. The Kier molecular flexibility index (Phi) is 3.75. The maximum atomic E-state index is 6.01. The van der Waals surface area contributed by atoms with E-state index >= 15 is 0 Å². The maximum absolute atomic E-state index is 6.01. The Morgan fingerprint density at radius 1 is 1.67 bits per heavy atom. The van der Waals surface area contributed by atoms with E-state index in [1.54, 1.807) is 11.3 Å². The van der Waals surface area contributed by atoms with Crippen LogP contribution < -0.4 is 5.73 Å². The van der Waals surface area contributed by atoms with Gasteiger partial charge in [-0.2, -0.15) is 0 Å². The zero-order chi connectivity index (χ0) is 9.14. The molecule has 12 heavy (non-hydrogen) atoms. The van der Waals surface area contributed by atoms with E-state index < -0.39 is 0 Å². The van der Waals surface area contributed by atoms with Crippen LogP contribution in [0, 0.1) is 6.92 Å². The lowest BCUT2D eigenvalue weighted by atomic mass is 10.1. The molecule has 1 unspecified atom stereocenters. The van der Waals surface area contributed by atoms with Crippen LogP contribution in [0.4, 0.5) is 0 Å². The molecule has 1 rings (SSSR count). The van der Waals surface area contributed by atoms with Crippen LogP contribution in [0.2, 0.25) is 0 Å². The maximum Gasteiger partial charge on any atom is 0.0704 e. The van der Waals surface area contributed by atoms with Crippen molar-refractivity contribution >= 4 is 27.3 Å². The summed E-state index contributed by atoms with van der Waals surface area (Å²) < 4.78 is 1.18. The molecule has 2 N–H and O–H groups in total. The minimum absolute atomic E-state index is 0.220. The number of rotatable bonds is 3. The Labute approximate surface area is 86.1 Å². The van der Waals surface area contributed by atoms with E-state index in [-0.39, 0.29) is 6.04 Å². The highest BCUT2D eigenvalue weighted by molar-refractivity contribution is 9.11.